The molecule has 0 fully saturated rings. The van der Waals surface area contributed by atoms with E-state index in [-0.39, 0.29) is 17.1 Å². The van der Waals surface area contributed by atoms with Gasteiger partial charge in [-0.2, -0.15) is 13.2 Å². The van der Waals surface area contributed by atoms with Crippen LogP contribution in [0.3, 0.4) is 0 Å². The van der Waals surface area contributed by atoms with Gasteiger partial charge < -0.3 is 24.7 Å². The van der Waals surface area contributed by atoms with Crippen LogP contribution in [0.5, 0.6) is 11.6 Å². The third kappa shape index (κ3) is 7.02. The lowest BCUT2D eigenvalue weighted by Crippen LogP contribution is -2.21. The molecule has 0 saturated carbocycles. The molecule has 0 aliphatic carbocycles. The number of ether oxygens (including phenoxy) is 1. The normalized spacial score (nSPS) is 11.6. The highest BCUT2D eigenvalue weighted by Gasteiger charge is 2.38. The maximum absolute atomic E-state index is 12.7. The lowest BCUT2D eigenvalue weighted by atomic mass is 9.87. The molecule has 218 valence electrons. The number of carboxylic acids is 2. The van der Waals surface area contributed by atoms with Gasteiger partial charge in [-0.1, -0.05) is 32.9 Å². The molecular formula is C28H23F3N4O7. The third-order valence-corrected chi connectivity index (χ3v) is 5.71. The Labute approximate surface area is 235 Å². The monoisotopic (exact) mass is 584 g/mol. The summed E-state index contributed by atoms with van der Waals surface area (Å²) in [5.74, 6) is -3.18. The second kappa shape index (κ2) is 11.2. The minimum atomic E-state index is -5.08. The van der Waals surface area contributed by atoms with E-state index in [1.165, 1.54) is 10.6 Å². The van der Waals surface area contributed by atoms with Crippen molar-refractivity contribution in [3.8, 4) is 11.6 Å². The molecule has 5 rings (SSSR count). The molecule has 0 spiro atoms. The average molecular weight is 585 g/mol. The molecule has 5 aromatic rings. The molecule has 11 nitrogen and oxygen atoms in total. The van der Waals surface area contributed by atoms with Crippen molar-refractivity contribution in [3.63, 3.8) is 0 Å². The van der Waals surface area contributed by atoms with Crippen molar-refractivity contribution < 1.29 is 46.9 Å². The summed E-state index contributed by atoms with van der Waals surface area (Å²) < 4.78 is 44.3. The molecule has 0 aliphatic heterocycles. The van der Waals surface area contributed by atoms with E-state index in [4.69, 9.17) is 24.2 Å². The number of carboxylic acid groups (broad SMARTS) is 2. The Bertz CT molecular complexity index is 1790. The second-order valence-electron chi connectivity index (χ2n) is 9.90. The predicted molar refractivity (Wildman–Crippen MR) is 143 cm³/mol. The number of benzene rings is 2. The number of carbonyl (C=O) groups is 3. The summed E-state index contributed by atoms with van der Waals surface area (Å²) in [4.78, 5) is 37.0. The minimum absolute atomic E-state index is 0.00768. The first-order chi connectivity index (χ1) is 19.6. The van der Waals surface area contributed by atoms with E-state index in [1.807, 2.05) is 12.1 Å². The van der Waals surface area contributed by atoms with Gasteiger partial charge in [0.2, 0.25) is 11.6 Å². The zero-order valence-electron chi connectivity index (χ0n) is 22.3. The molecule has 0 unspecified atom stereocenters. The maximum atomic E-state index is 12.7. The molecule has 0 radical (unpaired) electrons. The highest BCUT2D eigenvalue weighted by atomic mass is 19.4. The first-order valence-electron chi connectivity index (χ1n) is 12.1. The number of carbonyl (C=O) groups excluding carboxylic acids is 1. The number of aromatic nitrogens is 3. The van der Waals surface area contributed by atoms with Crippen molar-refractivity contribution in [2.45, 2.75) is 32.4 Å². The number of hydrogen-bond donors (Lipinski definition) is 3. The Hall–Kier alpha value is -5.40. The van der Waals surface area contributed by atoms with Crippen LogP contribution in [0.2, 0.25) is 0 Å². The standard InChI is InChI=1S/C26H22N4O5.C2HF3O2/c1-26(2,3)17-6-4-15(5-7-17)24(31)28-21-14-30-22(27-21)10-11-23(29-30)34-18-8-9-19-16(12-18)13-20(35-19)25(32)33;3-2(4,5)1(6)7/h4-14H,1-3H3,(H,28,31)(H,32,33);(H,6,7). The number of hydrogen-bond acceptors (Lipinski definition) is 7. The number of halogens is 3. The van der Waals surface area contributed by atoms with Crippen LogP contribution < -0.4 is 10.1 Å². The second-order valence-corrected chi connectivity index (χ2v) is 9.90. The van der Waals surface area contributed by atoms with Crippen LogP contribution in [0, 0.1) is 0 Å². The van der Waals surface area contributed by atoms with E-state index in [1.54, 1.807) is 48.7 Å². The van der Waals surface area contributed by atoms with Gasteiger partial charge in [0.25, 0.3) is 5.91 Å². The molecule has 1 amide bonds. The summed E-state index contributed by atoms with van der Waals surface area (Å²) in [6.07, 6.45) is -3.48. The zero-order valence-corrected chi connectivity index (χ0v) is 22.3. The van der Waals surface area contributed by atoms with Gasteiger partial charge in [0.05, 0.1) is 6.20 Å². The van der Waals surface area contributed by atoms with Gasteiger partial charge in [-0.05, 0) is 53.4 Å². The van der Waals surface area contributed by atoms with Crippen molar-refractivity contribution in [1.82, 2.24) is 14.6 Å². The van der Waals surface area contributed by atoms with E-state index in [9.17, 15) is 22.8 Å². The van der Waals surface area contributed by atoms with E-state index < -0.39 is 18.1 Å². The lowest BCUT2D eigenvalue weighted by Gasteiger charge is -2.18. The SMILES string of the molecule is CC(C)(C)c1ccc(C(=O)Nc2cn3nc(Oc4ccc5oc(C(=O)O)cc5c4)ccc3n2)cc1.O=C(O)C(F)(F)F. The predicted octanol–water partition coefficient (Wildman–Crippen LogP) is 6.15. The van der Waals surface area contributed by atoms with Gasteiger partial charge in [0, 0.05) is 17.0 Å². The number of anilines is 1. The summed E-state index contributed by atoms with van der Waals surface area (Å²) in [7, 11) is 0. The van der Waals surface area contributed by atoms with Crippen LogP contribution in [0.25, 0.3) is 16.6 Å². The molecular weight excluding hydrogens is 561 g/mol. The number of amides is 1. The van der Waals surface area contributed by atoms with Crippen LogP contribution in [-0.2, 0) is 10.2 Å². The number of nitrogens with zero attached hydrogens (tertiary/aromatic N) is 3. The molecule has 0 saturated heterocycles. The molecule has 3 aromatic heterocycles. The Morgan fingerprint density at radius 2 is 1.62 bits per heavy atom. The van der Waals surface area contributed by atoms with Crippen LogP contribution >= 0.6 is 0 Å². The highest BCUT2D eigenvalue weighted by molar-refractivity contribution is 6.03. The summed E-state index contributed by atoms with van der Waals surface area (Å²) in [5.41, 5.74) is 2.67. The van der Waals surface area contributed by atoms with E-state index in [0.717, 1.165) is 5.56 Å². The fourth-order valence-corrected chi connectivity index (χ4v) is 3.60. The minimum Gasteiger partial charge on any atom is -0.475 e. The molecule has 42 heavy (non-hydrogen) atoms. The molecule has 0 bridgehead atoms. The summed E-state index contributed by atoms with van der Waals surface area (Å²) in [5, 5.41) is 24.0. The van der Waals surface area contributed by atoms with Crippen LogP contribution in [-0.4, -0.2) is 48.8 Å². The van der Waals surface area contributed by atoms with E-state index in [2.05, 4.69) is 36.2 Å². The van der Waals surface area contributed by atoms with Crippen molar-refractivity contribution >= 4 is 40.3 Å². The van der Waals surface area contributed by atoms with Crippen molar-refractivity contribution in [3.05, 3.63) is 83.7 Å². The van der Waals surface area contributed by atoms with E-state index >= 15 is 0 Å². The number of imidazole rings is 1. The Kier molecular flexibility index (Phi) is 7.91. The van der Waals surface area contributed by atoms with Gasteiger partial charge in [0.15, 0.2) is 11.5 Å². The van der Waals surface area contributed by atoms with Crippen molar-refractivity contribution in [1.29, 1.82) is 0 Å². The number of rotatable bonds is 5. The van der Waals surface area contributed by atoms with Crippen LogP contribution in [0.1, 0.15) is 47.2 Å². The van der Waals surface area contributed by atoms with Crippen LogP contribution in [0.15, 0.2) is 71.3 Å². The summed E-state index contributed by atoms with van der Waals surface area (Å²) >= 11 is 0. The van der Waals surface area contributed by atoms with Crippen molar-refractivity contribution in [2.75, 3.05) is 5.32 Å². The fourth-order valence-electron chi connectivity index (χ4n) is 3.60. The smallest absolute Gasteiger partial charge is 0.475 e. The maximum Gasteiger partial charge on any atom is 0.490 e. The number of nitrogens with one attached hydrogen (secondary N) is 1. The molecule has 0 aliphatic rings. The van der Waals surface area contributed by atoms with Gasteiger partial charge in [0.1, 0.15) is 11.3 Å². The van der Waals surface area contributed by atoms with Crippen molar-refractivity contribution in [2.24, 2.45) is 0 Å². The Morgan fingerprint density at radius 3 is 2.21 bits per heavy atom. The molecule has 0 atom stereocenters. The summed E-state index contributed by atoms with van der Waals surface area (Å²) in [6, 6.07) is 17.3. The van der Waals surface area contributed by atoms with Gasteiger partial charge in [-0.25, -0.2) is 19.1 Å². The third-order valence-electron chi connectivity index (χ3n) is 5.71. The van der Waals surface area contributed by atoms with E-state index in [0.29, 0.717) is 39.6 Å². The number of furan rings is 1. The van der Waals surface area contributed by atoms with Crippen LogP contribution in [0.4, 0.5) is 19.0 Å². The lowest BCUT2D eigenvalue weighted by molar-refractivity contribution is -0.192. The largest absolute Gasteiger partial charge is 0.490 e. The molecule has 3 N–H and O–H groups in total. The van der Waals surface area contributed by atoms with Gasteiger partial charge in [-0.3, -0.25) is 4.79 Å². The number of aromatic carboxylic acids is 1. The molecule has 14 heteroatoms. The van der Waals surface area contributed by atoms with Gasteiger partial charge >= 0.3 is 18.1 Å². The number of fused-ring (bicyclic) bond motifs is 2. The highest BCUT2D eigenvalue weighted by Crippen LogP contribution is 2.27. The molecule has 3 heterocycles. The number of alkyl halides is 3. The topological polar surface area (TPSA) is 156 Å². The number of aliphatic carboxylic acids is 1. The first kappa shape index (κ1) is 29.6. The fraction of sp³-hybridized carbons (Fsp3) is 0.179. The zero-order chi connectivity index (χ0) is 30.8. The quantitative estimate of drug-likeness (QED) is 0.220. The molecule has 2 aromatic carbocycles. The Morgan fingerprint density at radius 1 is 0.952 bits per heavy atom. The average Bonchev–Trinajstić information content (AvgIpc) is 3.51. The first-order valence-corrected chi connectivity index (χ1v) is 12.1. The summed E-state index contributed by atoms with van der Waals surface area (Å²) in [6.45, 7) is 6.36. The Balaban J connectivity index is 0.000000517. The van der Waals surface area contributed by atoms with Gasteiger partial charge in [-0.15, -0.1) is 5.10 Å².